The third-order valence-corrected chi connectivity index (χ3v) is 12.5. The fourth-order valence-electron chi connectivity index (χ4n) is 1.12. The molecule has 14 heavy (non-hydrogen) atoms. The van der Waals surface area contributed by atoms with Crippen LogP contribution in [0.15, 0.2) is 20.6 Å². The van der Waals surface area contributed by atoms with Crippen molar-refractivity contribution in [3.8, 4) is 0 Å². The Hall–Kier alpha value is 0.757. The van der Waals surface area contributed by atoms with Crippen molar-refractivity contribution in [2.75, 3.05) is 0 Å². The summed E-state index contributed by atoms with van der Waals surface area (Å²) in [6.07, 6.45) is 5.76. The topological polar surface area (TPSA) is 9.23 Å². The van der Waals surface area contributed by atoms with Crippen LogP contribution in [0.2, 0.25) is 18.6 Å². The third kappa shape index (κ3) is 3.40. The van der Waals surface area contributed by atoms with E-state index in [9.17, 15) is 0 Å². The Kier molecular flexibility index (Phi) is 4.76. The van der Waals surface area contributed by atoms with Crippen LogP contribution < -0.4 is 0 Å². The molecule has 0 fully saturated rings. The molecule has 0 radical (unpaired) electrons. The fraction of sp³-hybridized carbons (Fsp3) is 0.600. The Balaban J connectivity index is 2.48. The maximum atomic E-state index is 6.23. The first-order valence-corrected chi connectivity index (χ1v) is 10.7. The zero-order valence-corrected chi connectivity index (χ0v) is 14.4. The first-order valence-electron chi connectivity index (χ1n) is 5.17. The van der Waals surface area contributed by atoms with Gasteiger partial charge in [0.25, 0.3) is 0 Å². The summed E-state index contributed by atoms with van der Waals surface area (Å²) in [5.74, 6) is 0. The molecule has 4 heteroatoms. The van der Waals surface area contributed by atoms with Gasteiger partial charge in [0.05, 0.1) is 0 Å². The third-order valence-electron chi connectivity index (χ3n) is 3.02. The summed E-state index contributed by atoms with van der Waals surface area (Å²) in [6, 6.07) is 0. The predicted octanol–water partition coefficient (Wildman–Crippen LogP) is 2.42. The van der Waals surface area contributed by atoms with Crippen LogP contribution >= 0.6 is 0 Å². The van der Waals surface area contributed by atoms with Crippen LogP contribution in [0.4, 0.5) is 0 Å². The molecule has 0 amide bonds. The van der Waals surface area contributed by atoms with Crippen LogP contribution in [0, 0.1) is 0 Å². The molecule has 1 aliphatic carbocycles. The van der Waals surface area contributed by atoms with E-state index in [1.54, 1.807) is 33.2 Å². The quantitative estimate of drug-likeness (QED) is 0.725. The summed E-state index contributed by atoms with van der Waals surface area (Å²) >= 11 is 1.58. The fourth-order valence-corrected chi connectivity index (χ4v) is 6.17. The van der Waals surface area contributed by atoms with Crippen molar-refractivity contribution in [1.29, 1.82) is 0 Å². The zero-order valence-electron chi connectivity index (χ0n) is 9.55. The molecule has 0 spiro atoms. The predicted molar refractivity (Wildman–Crippen MR) is 63.0 cm³/mol. The minimum atomic E-state index is -1.37. The molecular weight excluding hydrogens is 284 g/mol. The molecule has 0 aromatic carbocycles. The molecule has 0 aromatic heterocycles. The Morgan fingerprint density at radius 1 is 1.50 bits per heavy atom. The molecule has 0 aliphatic heterocycles. The van der Waals surface area contributed by atoms with E-state index in [0.717, 1.165) is 5.54 Å². The Morgan fingerprint density at radius 3 is 2.57 bits per heavy atom. The molecule has 1 aliphatic rings. The first kappa shape index (κ1) is 12.8. The van der Waals surface area contributed by atoms with E-state index in [2.05, 4.69) is 39.1 Å². The monoisotopic (exact) mass is 301 g/mol. The summed E-state index contributed by atoms with van der Waals surface area (Å²) in [6.45, 7) is 9.26. The minimum absolute atomic E-state index is 0.430. The van der Waals surface area contributed by atoms with E-state index < -0.39 is 18.1 Å². The molecule has 0 aromatic rings. The molecule has 0 atom stereocenters. The summed E-state index contributed by atoms with van der Waals surface area (Å²) < 4.78 is 7.85. The van der Waals surface area contributed by atoms with Gasteiger partial charge < -0.3 is 0 Å². The van der Waals surface area contributed by atoms with Gasteiger partial charge in [-0.05, 0) is 0 Å². The van der Waals surface area contributed by atoms with Crippen LogP contribution in [0.1, 0.15) is 20.3 Å². The summed E-state index contributed by atoms with van der Waals surface area (Å²) in [7, 11) is -1.80. The van der Waals surface area contributed by atoms with E-state index in [1.807, 2.05) is 0 Å². The van der Waals surface area contributed by atoms with E-state index in [-0.39, 0.29) is 0 Å². The van der Waals surface area contributed by atoms with Crippen molar-refractivity contribution < 1.29 is 28.8 Å². The van der Waals surface area contributed by atoms with Crippen molar-refractivity contribution in [2.45, 2.75) is 38.9 Å². The van der Waals surface area contributed by atoms with Crippen molar-refractivity contribution in [2.24, 2.45) is 0 Å². The molecular formula is C10H19OSi2Zr. The summed E-state index contributed by atoms with van der Waals surface area (Å²) in [4.78, 5) is 0. The molecule has 77 valence electrons. The van der Waals surface area contributed by atoms with Crippen LogP contribution in [0.3, 0.4) is 0 Å². The van der Waals surface area contributed by atoms with Crippen LogP contribution in [0.25, 0.3) is 0 Å². The van der Waals surface area contributed by atoms with Gasteiger partial charge in [0.15, 0.2) is 0 Å². The van der Waals surface area contributed by atoms with E-state index >= 15 is 0 Å². The van der Waals surface area contributed by atoms with Gasteiger partial charge in [-0.1, -0.05) is 0 Å². The SMILES string of the molecule is CC(C)[Si](C)(C)O[SiH2]C1=[C]([Zr])CC=C1. The van der Waals surface area contributed by atoms with Gasteiger partial charge in [-0.25, -0.2) is 0 Å². The van der Waals surface area contributed by atoms with Gasteiger partial charge in [-0.3, -0.25) is 0 Å². The van der Waals surface area contributed by atoms with Gasteiger partial charge in [0, 0.05) is 0 Å². The molecule has 0 saturated heterocycles. The van der Waals surface area contributed by atoms with Crippen LogP contribution in [-0.2, 0) is 28.8 Å². The second-order valence-electron chi connectivity index (χ2n) is 4.66. The van der Waals surface area contributed by atoms with E-state index in [4.69, 9.17) is 4.12 Å². The Bertz CT molecular complexity index is 269. The van der Waals surface area contributed by atoms with Crippen molar-refractivity contribution in [1.82, 2.24) is 0 Å². The first-order chi connectivity index (χ1) is 6.43. The number of hydrogen-bond donors (Lipinski definition) is 0. The molecule has 0 heterocycles. The van der Waals surface area contributed by atoms with E-state index in [0.29, 0.717) is 0 Å². The van der Waals surface area contributed by atoms with Gasteiger partial charge in [-0.15, -0.1) is 0 Å². The summed E-state index contributed by atoms with van der Waals surface area (Å²) in [5.41, 5.74) is 0.731. The van der Waals surface area contributed by atoms with Gasteiger partial charge in [0.2, 0.25) is 0 Å². The normalized spacial score (nSPS) is 18.0. The zero-order chi connectivity index (χ0) is 10.8. The number of rotatable bonds is 4. The number of hydrogen-bond acceptors (Lipinski definition) is 1. The molecule has 0 bridgehead atoms. The van der Waals surface area contributed by atoms with Crippen molar-refractivity contribution in [3.05, 3.63) is 20.6 Å². The summed E-state index contributed by atoms with van der Waals surface area (Å²) in [5, 5.41) is 1.57. The molecule has 0 unspecified atom stereocenters. The van der Waals surface area contributed by atoms with Gasteiger partial charge in [-0.2, -0.15) is 0 Å². The van der Waals surface area contributed by atoms with E-state index in [1.165, 1.54) is 6.42 Å². The average Bonchev–Trinajstić information content (AvgIpc) is 2.47. The Morgan fingerprint density at radius 2 is 2.14 bits per heavy atom. The van der Waals surface area contributed by atoms with Crippen molar-refractivity contribution >= 4 is 18.1 Å². The number of allylic oxidation sites excluding steroid dienone is 4. The molecule has 0 saturated carbocycles. The standard InChI is InChI=1S/C10H19OSi2.Zr/c1-9(2)13(3,4)11-12-10-7-5-6-8-10;/h5,7,9H,6,12H2,1-4H3;. The van der Waals surface area contributed by atoms with Gasteiger partial charge in [0.1, 0.15) is 0 Å². The molecule has 1 nitrogen and oxygen atoms in total. The second-order valence-corrected chi connectivity index (χ2v) is 12.7. The van der Waals surface area contributed by atoms with Gasteiger partial charge >= 0.3 is 106 Å². The molecule has 1 rings (SSSR count). The van der Waals surface area contributed by atoms with Crippen LogP contribution in [-0.4, -0.2) is 18.1 Å². The van der Waals surface area contributed by atoms with Crippen LogP contribution in [0.5, 0.6) is 0 Å². The molecule has 0 N–H and O–H groups in total. The Labute approximate surface area is 106 Å². The maximum absolute atomic E-state index is 6.23. The average molecular weight is 303 g/mol. The second kappa shape index (κ2) is 5.20. The van der Waals surface area contributed by atoms with Crippen molar-refractivity contribution in [3.63, 3.8) is 0 Å².